The van der Waals surface area contributed by atoms with Crippen LogP contribution < -0.4 is 9.64 Å². The molecule has 1 saturated heterocycles. The fourth-order valence-electron chi connectivity index (χ4n) is 2.34. The van der Waals surface area contributed by atoms with Crippen LogP contribution in [0.15, 0.2) is 24.3 Å². The molecule has 2 rings (SSSR count). The number of thiol groups is 1. The van der Waals surface area contributed by atoms with Crippen LogP contribution in [0.4, 0.5) is 5.69 Å². The molecule has 5 heteroatoms. The third-order valence-corrected chi connectivity index (χ3v) is 3.61. The van der Waals surface area contributed by atoms with Crippen molar-refractivity contribution in [3.63, 3.8) is 0 Å². The van der Waals surface area contributed by atoms with Crippen molar-refractivity contribution in [3.05, 3.63) is 24.3 Å². The summed E-state index contributed by atoms with van der Waals surface area (Å²) in [7, 11) is 1.69. The van der Waals surface area contributed by atoms with Gasteiger partial charge in [-0.1, -0.05) is 12.1 Å². The van der Waals surface area contributed by atoms with E-state index in [1.54, 1.807) is 7.11 Å². The van der Waals surface area contributed by atoms with Crippen molar-refractivity contribution in [1.29, 1.82) is 0 Å². The molecule has 0 saturated carbocycles. The maximum atomic E-state index is 11.8. The van der Waals surface area contributed by atoms with E-state index < -0.39 is 0 Å². The van der Waals surface area contributed by atoms with Gasteiger partial charge < -0.3 is 14.5 Å². The molecule has 0 N–H and O–H groups in total. The van der Waals surface area contributed by atoms with E-state index in [0.29, 0.717) is 12.2 Å². The quantitative estimate of drug-likeness (QED) is 0.852. The first-order valence-corrected chi connectivity index (χ1v) is 7.16. The molecule has 1 aliphatic heterocycles. The highest BCUT2D eigenvalue weighted by molar-refractivity contribution is 7.80. The fraction of sp³-hybridized carbons (Fsp3) is 0.500. The summed E-state index contributed by atoms with van der Waals surface area (Å²) in [6.07, 6.45) is 0.526. The largest absolute Gasteiger partial charge is 0.495 e. The van der Waals surface area contributed by atoms with Crippen molar-refractivity contribution in [3.8, 4) is 5.75 Å². The molecule has 0 radical (unpaired) electrons. The lowest BCUT2D eigenvalue weighted by Crippen LogP contribution is -2.48. The monoisotopic (exact) mass is 280 g/mol. The summed E-state index contributed by atoms with van der Waals surface area (Å²) < 4.78 is 5.38. The highest BCUT2D eigenvalue weighted by Gasteiger charge is 2.22. The number of benzene rings is 1. The lowest BCUT2D eigenvalue weighted by atomic mass is 10.2. The van der Waals surface area contributed by atoms with Gasteiger partial charge in [0.15, 0.2) is 0 Å². The zero-order valence-corrected chi connectivity index (χ0v) is 12.1. The van der Waals surface area contributed by atoms with E-state index in [9.17, 15) is 4.79 Å². The molecule has 19 heavy (non-hydrogen) atoms. The maximum absolute atomic E-state index is 11.8. The summed E-state index contributed by atoms with van der Waals surface area (Å²) in [4.78, 5) is 16.0. The summed E-state index contributed by atoms with van der Waals surface area (Å²) in [6.45, 7) is 3.23. The van der Waals surface area contributed by atoms with Gasteiger partial charge in [-0.2, -0.15) is 12.6 Å². The second-order valence-electron chi connectivity index (χ2n) is 4.51. The number of anilines is 1. The molecule has 0 spiro atoms. The Morgan fingerprint density at radius 3 is 2.58 bits per heavy atom. The third-order valence-electron chi connectivity index (χ3n) is 3.38. The molecule has 0 atom stereocenters. The van der Waals surface area contributed by atoms with E-state index in [0.717, 1.165) is 37.6 Å². The van der Waals surface area contributed by atoms with Gasteiger partial charge in [-0.25, -0.2) is 0 Å². The first-order chi connectivity index (χ1) is 9.26. The number of hydrogen-bond acceptors (Lipinski definition) is 4. The smallest absolute Gasteiger partial charge is 0.223 e. The van der Waals surface area contributed by atoms with Crippen molar-refractivity contribution < 1.29 is 9.53 Å². The van der Waals surface area contributed by atoms with Crippen LogP contribution in [0, 0.1) is 0 Å². The van der Waals surface area contributed by atoms with Gasteiger partial charge in [0.05, 0.1) is 12.8 Å². The molecular weight excluding hydrogens is 260 g/mol. The van der Waals surface area contributed by atoms with Crippen LogP contribution in [0.1, 0.15) is 6.42 Å². The Hall–Kier alpha value is -1.36. The van der Waals surface area contributed by atoms with E-state index >= 15 is 0 Å². The van der Waals surface area contributed by atoms with Crippen LogP contribution in [0.2, 0.25) is 0 Å². The zero-order valence-electron chi connectivity index (χ0n) is 11.2. The average Bonchev–Trinajstić information content (AvgIpc) is 2.47. The number of nitrogens with zero attached hydrogens (tertiary/aromatic N) is 2. The Bertz CT molecular complexity index is 431. The summed E-state index contributed by atoms with van der Waals surface area (Å²) in [5.41, 5.74) is 1.10. The SMILES string of the molecule is COc1ccccc1N1CCN(C(=O)CCS)CC1. The Morgan fingerprint density at radius 1 is 1.26 bits per heavy atom. The van der Waals surface area contributed by atoms with Crippen molar-refractivity contribution in [2.45, 2.75) is 6.42 Å². The molecule has 1 fully saturated rings. The Morgan fingerprint density at radius 2 is 1.95 bits per heavy atom. The van der Waals surface area contributed by atoms with Crippen LogP contribution in [-0.2, 0) is 4.79 Å². The number of piperazine rings is 1. The molecule has 1 amide bonds. The third kappa shape index (κ3) is 3.35. The second kappa shape index (κ2) is 6.70. The van der Waals surface area contributed by atoms with Crippen molar-refractivity contribution >= 4 is 24.2 Å². The van der Waals surface area contributed by atoms with Gasteiger partial charge >= 0.3 is 0 Å². The lowest BCUT2D eigenvalue weighted by Gasteiger charge is -2.36. The molecule has 1 aromatic carbocycles. The first-order valence-electron chi connectivity index (χ1n) is 6.53. The molecule has 104 valence electrons. The standard InChI is InChI=1S/C14H20N2O2S/c1-18-13-5-3-2-4-12(13)15-7-9-16(10-8-15)14(17)6-11-19/h2-5,19H,6-11H2,1H3. The predicted octanol–water partition coefficient (Wildman–Crippen LogP) is 1.66. The van der Waals surface area contributed by atoms with E-state index in [1.165, 1.54) is 0 Å². The number of rotatable bonds is 4. The van der Waals surface area contributed by atoms with Crippen molar-refractivity contribution in [1.82, 2.24) is 4.90 Å². The highest BCUT2D eigenvalue weighted by Crippen LogP contribution is 2.28. The van der Waals surface area contributed by atoms with Crippen molar-refractivity contribution in [2.24, 2.45) is 0 Å². The summed E-state index contributed by atoms with van der Waals surface area (Å²) in [5.74, 6) is 1.71. The van der Waals surface area contributed by atoms with Gasteiger partial charge in [0.2, 0.25) is 5.91 Å². The van der Waals surface area contributed by atoms with E-state index in [-0.39, 0.29) is 5.91 Å². The number of amides is 1. The van der Waals surface area contributed by atoms with Gasteiger partial charge in [0, 0.05) is 32.6 Å². The molecule has 4 nitrogen and oxygen atoms in total. The summed E-state index contributed by atoms with van der Waals surface area (Å²) in [6, 6.07) is 8.00. The molecular formula is C14H20N2O2S. The highest BCUT2D eigenvalue weighted by atomic mass is 32.1. The number of carbonyl (C=O) groups excluding carboxylic acids is 1. The number of para-hydroxylation sites is 2. The number of hydrogen-bond donors (Lipinski definition) is 1. The number of methoxy groups -OCH3 is 1. The molecule has 0 unspecified atom stereocenters. The average molecular weight is 280 g/mol. The van der Waals surface area contributed by atoms with E-state index in [1.807, 2.05) is 23.1 Å². The number of ether oxygens (including phenoxy) is 1. The zero-order chi connectivity index (χ0) is 13.7. The summed E-state index contributed by atoms with van der Waals surface area (Å²) in [5, 5.41) is 0. The van der Waals surface area contributed by atoms with Gasteiger partial charge in [-0.05, 0) is 17.9 Å². The Balaban J connectivity index is 1.98. The van der Waals surface area contributed by atoms with Crippen molar-refractivity contribution in [2.75, 3.05) is 43.9 Å². The normalized spacial score (nSPS) is 15.5. The van der Waals surface area contributed by atoms with Crippen LogP contribution >= 0.6 is 12.6 Å². The van der Waals surface area contributed by atoms with Crippen LogP contribution in [-0.4, -0.2) is 49.8 Å². The fourth-order valence-corrected chi connectivity index (χ4v) is 2.53. The van der Waals surface area contributed by atoms with Gasteiger partial charge in [0.25, 0.3) is 0 Å². The van der Waals surface area contributed by atoms with Gasteiger partial charge in [-0.15, -0.1) is 0 Å². The predicted molar refractivity (Wildman–Crippen MR) is 80.3 cm³/mol. The van der Waals surface area contributed by atoms with Gasteiger partial charge in [0.1, 0.15) is 5.75 Å². The Kier molecular flexibility index (Phi) is 4.96. The molecule has 1 aliphatic rings. The lowest BCUT2D eigenvalue weighted by molar-refractivity contribution is -0.131. The summed E-state index contributed by atoms with van der Waals surface area (Å²) >= 11 is 4.11. The minimum Gasteiger partial charge on any atom is -0.495 e. The van der Waals surface area contributed by atoms with Crippen LogP contribution in [0.25, 0.3) is 0 Å². The van der Waals surface area contributed by atoms with E-state index in [2.05, 4.69) is 23.6 Å². The molecule has 1 aromatic rings. The molecule has 0 aromatic heterocycles. The van der Waals surface area contributed by atoms with Crippen LogP contribution in [0.5, 0.6) is 5.75 Å². The Labute approximate surface area is 119 Å². The maximum Gasteiger partial charge on any atom is 0.223 e. The van der Waals surface area contributed by atoms with Crippen LogP contribution in [0.3, 0.4) is 0 Å². The molecule has 0 bridgehead atoms. The molecule has 0 aliphatic carbocycles. The number of carbonyl (C=O) groups is 1. The minimum absolute atomic E-state index is 0.203. The first kappa shape index (κ1) is 14.1. The van der Waals surface area contributed by atoms with Gasteiger partial charge in [-0.3, -0.25) is 4.79 Å². The van der Waals surface area contributed by atoms with E-state index in [4.69, 9.17) is 4.74 Å². The second-order valence-corrected chi connectivity index (χ2v) is 4.96. The minimum atomic E-state index is 0.203. The topological polar surface area (TPSA) is 32.8 Å². The molecule has 1 heterocycles.